The number of likely N-dealkylation sites (N-methyl/N-ethyl adjacent to an activating group) is 1. The quantitative estimate of drug-likeness (QED) is 0.540. The Morgan fingerprint density at radius 1 is 1.25 bits per heavy atom. The zero-order valence-electron chi connectivity index (χ0n) is 14.8. The molecule has 0 aromatic carbocycles. The molecule has 20 heavy (non-hydrogen) atoms. The van der Waals surface area contributed by atoms with Crippen LogP contribution in [0.3, 0.4) is 0 Å². The van der Waals surface area contributed by atoms with Gasteiger partial charge in [-0.15, -0.1) is 0 Å². The van der Waals surface area contributed by atoms with Crippen molar-refractivity contribution in [2.24, 2.45) is 5.92 Å². The number of allylic oxidation sites excluding steroid dienone is 1. The number of ether oxygens (including phenoxy) is 1. The van der Waals surface area contributed by atoms with Gasteiger partial charge in [0.2, 0.25) is 0 Å². The van der Waals surface area contributed by atoms with E-state index in [1.165, 1.54) is 0 Å². The van der Waals surface area contributed by atoms with Crippen LogP contribution in [0.25, 0.3) is 0 Å². The fraction of sp³-hybridized carbons (Fsp3) is 0.812. The summed E-state index contributed by atoms with van der Waals surface area (Å²) in [6, 6.07) is 1.22. The van der Waals surface area contributed by atoms with E-state index in [2.05, 4.69) is 45.6 Å². The molecule has 0 N–H and O–H groups in total. The minimum Gasteiger partial charge on any atom is -0.444 e. The van der Waals surface area contributed by atoms with Crippen LogP contribution in [0.1, 0.15) is 34.6 Å². The van der Waals surface area contributed by atoms with E-state index in [4.69, 9.17) is 4.74 Å². The van der Waals surface area contributed by atoms with Gasteiger partial charge in [-0.05, 0) is 32.7 Å². The number of amides is 1. The molecule has 3 nitrogen and oxygen atoms in total. The summed E-state index contributed by atoms with van der Waals surface area (Å²) in [4.78, 5) is 13.8. The highest BCUT2D eigenvalue weighted by Crippen LogP contribution is 2.17. The molecule has 4 heteroatoms. The van der Waals surface area contributed by atoms with Crippen LogP contribution < -0.4 is 0 Å². The van der Waals surface area contributed by atoms with Crippen LogP contribution in [0.2, 0.25) is 25.7 Å². The summed E-state index contributed by atoms with van der Waals surface area (Å²) in [5.74, 6) is 0.366. The summed E-state index contributed by atoms with van der Waals surface area (Å²) in [5.41, 5.74) is -0.449. The standard InChI is InChI=1S/C16H33NO2Si/c1-13(2)14(11-10-12-20(7,8)9)17(6)15(18)19-16(3,4)5/h10-11,13-14H,12H2,1-9H3/b11-10+/t14-/m1/s1. The summed E-state index contributed by atoms with van der Waals surface area (Å²) in [7, 11) is 0.737. The van der Waals surface area contributed by atoms with Crippen molar-refractivity contribution in [3.05, 3.63) is 12.2 Å². The molecule has 0 aromatic heterocycles. The molecule has 0 fully saturated rings. The smallest absolute Gasteiger partial charge is 0.410 e. The zero-order chi connectivity index (χ0) is 16.1. The third kappa shape index (κ3) is 8.41. The van der Waals surface area contributed by atoms with Crippen molar-refractivity contribution in [2.75, 3.05) is 7.05 Å². The molecule has 0 heterocycles. The first-order chi connectivity index (χ1) is 8.83. The van der Waals surface area contributed by atoms with Crippen molar-refractivity contribution in [1.29, 1.82) is 0 Å². The average molecular weight is 300 g/mol. The van der Waals surface area contributed by atoms with E-state index in [1.54, 1.807) is 4.90 Å². The molecule has 0 radical (unpaired) electrons. The van der Waals surface area contributed by atoms with E-state index < -0.39 is 13.7 Å². The second kappa shape index (κ2) is 7.30. The van der Waals surface area contributed by atoms with E-state index in [0.29, 0.717) is 5.92 Å². The molecular weight excluding hydrogens is 266 g/mol. The van der Waals surface area contributed by atoms with Gasteiger partial charge in [0.25, 0.3) is 0 Å². The van der Waals surface area contributed by atoms with Gasteiger partial charge in [-0.1, -0.05) is 45.6 Å². The largest absolute Gasteiger partial charge is 0.444 e. The van der Waals surface area contributed by atoms with Gasteiger partial charge in [0.15, 0.2) is 0 Å². The zero-order valence-corrected chi connectivity index (χ0v) is 15.8. The summed E-state index contributed by atoms with van der Waals surface area (Å²) in [6.45, 7) is 17.0. The molecule has 0 rings (SSSR count). The van der Waals surface area contributed by atoms with Crippen molar-refractivity contribution in [3.8, 4) is 0 Å². The second-order valence-electron chi connectivity index (χ2n) is 8.02. The van der Waals surface area contributed by atoms with Crippen LogP contribution in [-0.2, 0) is 4.74 Å². The van der Waals surface area contributed by atoms with Crippen LogP contribution in [-0.4, -0.2) is 37.8 Å². The number of carbonyl (C=O) groups excluding carboxylic acids is 1. The van der Waals surface area contributed by atoms with Crippen molar-refractivity contribution >= 4 is 14.2 Å². The molecule has 0 saturated carbocycles. The molecular formula is C16H33NO2Si. The normalized spacial score (nSPS) is 14.7. The molecule has 0 aliphatic carbocycles. The van der Waals surface area contributed by atoms with E-state index in [9.17, 15) is 4.79 Å². The molecule has 0 aliphatic heterocycles. The first-order valence-corrected chi connectivity index (χ1v) is 11.2. The van der Waals surface area contributed by atoms with Gasteiger partial charge >= 0.3 is 6.09 Å². The number of carbonyl (C=O) groups is 1. The Hall–Kier alpha value is -0.773. The fourth-order valence-corrected chi connectivity index (χ4v) is 2.66. The number of hydrogen-bond donors (Lipinski definition) is 0. The van der Waals surface area contributed by atoms with Crippen LogP contribution >= 0.6 is 0 Å². The average Bonchev–Trinajstić information content (AvgIpc) is 2.18. The first kappa shape index (κ1) is 19.2. The lowest BCUT2D eigenvalue weighted by Crippen LogP contribution is -2.42. The maximum atomic E-state index is 12.1. The topological polar surface area (TPSA) is 29.5 Å². The summed E-state index contributed by atoms with van der Waals surface area (Å²) in [5, 5.41) is 0. The van der Waals surface area contributed by atoms with Gasteiger partial charge in [-0.3, -0.25) is 0 Å². The van der Waals surface area contributed by atoms with Crippen molar-refractivity contribution < 1.29 is 9.53 Å². The molecule has 1 atom stereocenters. The molecule has 118 valence electrons. The third-order valence-electron chi connectivity index (χ3n) is 2.88. The SMILES string of the molecule is CC(C)[C@@H](/C=C/C[Si](C)(C)C)N(C)C(=O)OC(C)(C)C. The fourth-order valence-electron chi connectivity index (χ4n) is 1.82. The lowest BCUT2D eigenvalue weighted by molar-refractivity contribution is 0.0223. The van der Waals surface area contributed by atoms with Gasteiger partial charge in [0.1, 0.15) is 5.60 Å². The van der Waals surface area contributed by atoms with Gasteiger partial charge in [0.05, 0.1) is 6.04 Å². The molecule has 1 amide bonds. The molecule has 0 aliphatic rings. The number of hydrogen-bond acceptors (Lipinski definition) is 2. The molecule has 0 bridgehead atoms. The Balaban J connectivity index is 4.79. The highest BCUT2D eigenvalue weighted by atomic mass is 28.3. The van der Waals surface area contributed by atoms with E-state index in [0.717, 1.165) is 6.04 Å². The Labute approximate surface area is 126 Å². The van der Waals surface area contributed by atoms with E-state index in [-0.39, 0.29) is 12.1 Å². The minimum atomic E-state index is -1.08. The molecule has 0 aromatic rings. The van der Waals surface area contributed by atoms with Crippen molar-refractivity contribution in [1.82, 2.24) is 4.90 Å². The lowest BCUT2D eigenvalue weighted by Gasteiger charge is -2.31. The first-order valence-electron chi connectivity index (χ1n) is 7.46. The van der Waals surface area contributed by atoms with Crippen molar-refractivity contribution in [2.45, 2.75) is 71.9 Å². The number of nitrogens with zero attached hydrogens (tertiary/aromatic N) is 1. The van der Waals surface area contributed by atoms with Crippen LogP contribution in [0.15, 0.2) is 12.2 Å². The van der Waals surface area contributed by atoms with Crippen molar-refractivity contribution in [3.63, 3.8) is 0 Å². The lowest BCUT2D eigenvalue weighted by atomic mass is 10.0. The number of rotatable bonds is 5. The maximum absolute atomic E-state index is 12.1. The summed E-state index contributed by atoms with van der Waals surface area (Å²) < 4.78 is 5.44. The van der Waals surface area contributed by atoms with Gasteiger partial charge < -0.3 is 9.64 Å². The van der Waals surface area contributed by atoms with E-state index in [1.807, 2.05) is 27.8 Å². The molecule has 0 unspecified atom stereocenters. The van der Waals surface area contributed by atoms with Gasteiger partial charge in [0, 0.05) is 15.1 Å². The third-order valence-corrected chi connectivity index (χ3v) is 4.34. The second-order valence-corrected chi connectivity index (χ2v) is 13.5. The Morgan fingerprint density at radius 2 is 1.75 bits per heavy atom. The molecule has 0 saturated heterocycles. The minimum absolute atomic E-state index is 0.0844. The Kier molecular flexibility index (Phi) is 7.01. The van der Waals surface area contributed by atoms with Gasteiger partial charge in [-0.2, -0.15) is 0 Å². The predicted molar refractivity (Wildman–Crippen MR) is 89.9 cm³/mol. The maximum Gasteiger partial charge on any atom is 0.410 e. The summed E-state index contributed by atoms with van der Waals surface area (Å²) >= 11 is 0. The van der Waals surface area contributed by atoms with Crippen LogP contribution in [0.5, 0.6) is 0 Å². The monoisotopic (exact) mass is 299 g/mol. The predicted octanol–water partition coefficient (Wildman–Crippen LogP) is 4.77. The highest BCUT2D eigenvalue weighted by Gasteiger charge is 2.25. The summed E-state index contributed by atoms with van der Waals surface area (Å²) in [6.07, 6.45) is 4.14. The van der Waals surface area contributed by atoms with Crippen LogP contribution in [0.4, 0.5) is 4.79 Å². The van der Waals surface area contributed by atoms with Crippen LogP contribution in [0, 0.1) is 5.92 Å². The van der Waals surface area contributed by atoms with Gasteiger partial charge in [-0.25, -0.2) is 4.79 Å². The van der Waals surface area contributed by atoms with E-state index >= 15 is 0 Å². The highest BCUT2D eigenvalue weighted by molar-refractivity contribution is 6.76. The Morgan fingerprint density at radius 3 is 2.10 bits per heavy atom. The Bertz CT molecular complexity index is 337. The molecule has 0 spiro atoms.